The number of amides is 1. The van der Waals surface area contributed by atoms with E-state index < -0.39 is 10.2 Å². The van der Waals surface area contributed by atoms with Crippen LogP contribution in [-0.4, -0.2) is 53.3 Å². The van der Waals surface area contributed by atoms with Gasteiger partial charge in [-0.15, -0.1) is 0 Å². The van der Waals surface area contributed by atoms with Crippen molar-refractivity contribution in [3.05, 3.63) is 65.7 Å². The number of carbonyl (C=O) groups excluding carboxylic acids is 1. The number of ether oxygens (including phenoxy) is 2. The van der Waals surface area contributed by atoms with Crippen molar-refractivity contribution >= 4 is 16.1 Å². The van der Waals surface area contributed by atoms with Gasteiger partial charge in [0.1, 0.15) is 5.75 Å². The molecule has 1 aliphatic carbocycles. The van der Waals surface area contributed by atoms with Crippen molar-refractivity contribution in [2.24, 2.45) is 0 Å². The molecule has 8 nitrogen and oxygen atoms in total. The van der Waals surface area contributed by atoms with Crippen LogP contribution in [0.15, 0.2) is 54.6 Å². The summed E-state index contributed by atoms with van der Waals surface area (Å²) in [7, 11) is -2.05. The molecule has 190 valence electrons. The Morgan fingerprint density at radius 1 is 1.06 bits per heavy atom. The minimum absolute atomic E-state index is 0.0458. The predicted molar refractivity (Wildman–Crippen MR) is 135 cm³/mol. The molecule has 4 rings (SSSR count). The van der Waals surface area contributed by atoms with Gasteiger partial charge in [-0.25, -0.2) is 0 Å². The second kappa shape index (κ2) is 11.5. The third kappa shape index (κ3) is 6.61. The Morgan fingerprint density at radius 3 is 2.46 bits per heavy atom. The Bertz CT molecular complexity index is 1080. The van der Waals surface area contributed by atoms with Crippen LogP contribution in [0, 0.1) is 0 Å². The summed E-state index contributed by atoms with van der Waals surface area (Å²) in [6, 6.07) is 17.2. The van der Waals surface area contributed by atoms with E-state index in [1.54, 1.807) is 19.2 Å². The zero-order chi connectivity index (χ0) is 24.7. The maximum Gasteiger partial charge on any atom is 0.277 e. The maximum atomic E-state index is 13.0. The first kappa shape index (κ1) is 25.6. The summed E-state index contributed by atoms with van der Waals surface area (Å²) in [5, 5.41) is 3.11. The summed E-state index contributed by atoms with van der Waals surface area (Å²) in [6.07, 6.45) is 4.67. The van der Waals surface area contributed by atoms with Crippen LogP contribution >= 0.6 is 0 Å². The third-order valence-corrected chi connectivity index (χ3v) is 8.30. The molecule has 0 unspecified atom stereocenters. The fourth-order valence-electron chi connectivity index (χ4n) is 5.09. The van der Waals surface area contributed by atoms with Crippen LogP contribution in [0.2, 0.25) is 0 Å². The van der Waals surface area contributed by atoms with E-state index in [1.165, 1.54) is 0 Å². The van der Waals surface area contributed by atoms with Gasteiger partial charge in [-0.2, -0.15) is 17.9 Å². The number of hydrogen-bond acceptors (Lipinski definition) is 5. The summed E-state index contributed by atoms with van der Waals surface area (Å²) in [4.78, 5) is 13.0. The number of rotatable bonds is 10. The lowest BCUT2D eigenvalue weighted by Gasteiger charge is -2.41. The van der Waals surface area contributed by atoms with Gasteiger partial charge in [-0.3, -0.25) is 4.79 Å². The molecule has 1 atom stereocenters. The SMILES string of the molecule is COc1ccccc1C(=O)NC[C@]1(c2ccccc2)CC[C@H](NS(=O)(=O)NC[C@H]2CCCO2)CC1. The summed E-state index contributed by atoms with van der Waals surface area (Å²) in [5.74, 6) is 0.353. The fraction of sp³-hybridized carbons (Fsp3) is 0.500. The molecular formula is C26H35N3O5S. The molecular weight excluding hydrogens is 466 g/mol. The number of para-hydroxylation sites is 1. The molecule has 1 saturated heterocycles. The van der Waals surface area contributed by atoms with E-state index in [4.69, 9.17) is 9.47 Å². The highest BCUT2D eigenvalue weighted by Gasteiger charge is 2.38. The average Bonchev–Trinajstić information content (AvgIpc) is 3.41. The average molecular weight is 502 g/mol. The van der Waals surface area contributed by atoms with Crippen LogP contribution in [0.4, 0.5) is 0 Å². The van der Waals surface area contributed by atoms with E-state index >= 15 is 0 Å². The molecule has 1 aliphatic heterocycles. The van der Waals surface area contributed by atoms with Gasteiger partial charge < -0.3 is 14.8 Å². The van der Waals surface area contributed by atoms with Crippen LogP contribution < -0.4 is 19.5 Å². The third-order valence-electron chi connectivity index (χ3n) is 7.11. The molecule has 2 aromatic carbocycles. The highest BCUT2D eigenvalue weighted by Crippen LogP contribution is 2.39. The molecule has 35 heavy (non-hydrogen) atoms. The summed E-state index contributed by atoms with van der Waals surface area (Å²) < 4.78 is 41.4. The first-order chi connectivity index (χ1) is 16.9. The lowest BCUT2D eigenvalue weighted by Crippen LogP contribution is -2.50. The van der Waals surface area contributed by atoms with Gasteiger partial charge in [0.2, 0.25) is 0 Å². The zero-order valence-electron chi connectivity index (χ0n) is 20.2. The van der Waals surface area contributed by atoms with E-state index in [9.17, 15) is 13.2 Å². The molecule has 1 saturated carbocycles. The second-order valence-electron chi connectivity index (χ2n) is 9.41. The Kier molecular flexibility index (Phi) is 8.43. The standard InChI is InChI=1S/C26H35N3O5S/c1-33-24-12-6-5-11-23(24)25(30)27-19-26(20-8-3-2-4-9-20)15-13-21(14-16-26)29-35(31,32)28-18-22-10-7-17-34-22/h2-6,8-9,11-12,21-22,28-29H,7,10,13-19H2,1H3,(H,27,30)/t21-,22-,26-/m1/s1. The Balaban J connectivity index is 1.39. The minimum atomic E-state index is -3.60. The van der Waals surface area contributed by atoms with Crippen LogP contribution in [0.25, 0.3) is 0 Å². The molecule has 1 amide bonds. The van der Waals surface area contributed by atoms with Crippen molar-refractivity contribution in [3.63, 3.8) is 0 Å². The largest absolute Gasteiger partial charge is 0.496 e. The van der Waals surface area contributed by atoms with Crippen LogP contribution in [0.3, 0.4) is 0 Å². The smallest absolute Gasteiger partial charge is 0.277 e. The number of benzene rings is 2. The zero-order valence-corrected chi connectivity index (χ0v) is 21.0. The van der Waals surface area contributed by atoms with E-state index in [-0.39, 0.29) is 23.5 Å². The van der Waals surface area contributed by atoms with Crippen LogP contribution in [0.5, 0.6) is 5.75 Å². The van der Waals surface area contributed by atoms with Gasteiger partial charge in [-0.1, -0.05) is 42.5 Å². The van der Waals surface area contributed by atoms with Gasteiger partial charge >= 0.3 is 0 Å². The normalized spacial score (nSPS) is 24.7. The van der Waals surface area contributed by atoms with Gasteiger partial charge in [-0.05, 0) is 56.2 Å². The monoisotopic (exact) mass is 501 g/mol. The van der Waals surface area contributed by atoms with Crippen molar-refractivity contribution in [2.45, 2.75) is 56.1 Å². The van der Waals surface area contributed by atoms with E-state index in [0.29, 0.717) is 43.9 Å². The van der Waals surface area contributed by atoms with Crippen molar-refractivity contribution in [2.75, 3.05) is 26.8 Å². The lowest BCUT2D eigenvalue weighted by molar-refractivity contribution is 0.0932. The lowest BCUT2D eigenvalue weighted by atomic mass is 9.68. The molecule has 2 fully saturated rings. The van der Waals surface area contributed by atoms with Crippen LogP contribution in [-0.2, 0) is 20.4 Å². The number of hydrogen-bond donors (Lipinski definition) is 3. The highest BCUT2D eigenvalue weighted by atomic mass is 32.2. The Labute approximate surface area is 208 Å². The second-order valence-corrected chi connectivity index (χ2v) is 10.9. The molecule has 3 N–H and O–H groups in total. The highest BCUT2D eigenvalue weighted by molar-refractivity contribution is 7.87. The van der Waals surface area contributed by atoms with E-state index in [1.807, 2.05) is 30.3 Å². The first-order valence-corrected chi connectivity index (χ1v) is 13.7. The molecule has 0 spiro atoms. The molecule has 9 heteroatoms. The Hall–Kier alpha value is -2.46. The molecule has 1 heterocycles. The Morgan fingerprint density at radius 2 is 1.77 bits per heavy atom. The summed E-state index contributed by atoms with van der Waals surface area (Å²) in [6.45, 7) is 1.45. The topological polar surface area (TPSA) is 106 Å². The predicted octanol–water partition coefficient (Wildman–Crippen LogP) is 2.91. The number of nitrogens with one attached hydrogen (secondary N) is 3. The van der Waals surface area contributed by atoms with Crippen molar-refractivity contribution in [1.29, 1.82) is 0 Å². The van der Waals surface area contributed by atoms with Crippen LogP contribution in [0.1, 0.15) is 54.4 Å². The van der Waals surface area contributed by atoms with Crippen molar-refractivity contribution < 1.29 is 22.7 Å². The van der Waals surface area contributed by atoms with E-state index in [0.717, 1.165) is 31.2 Å². The molecule has 2 aromatic rings. The first-order valence-electron chi connectivity index (χ1n) is 12.3. The summed E-state index contributed by atoms with van der Waals surface area (Å²) in [5.41, 5.74) is 1.38. The quantitative estimate of drug-likeness (QED) is 0.464. The molecule has 0 radical (unpaired) electrons. The van der Waals surface area contributed by atoms with Gasteiger partial charge in [0.15, 0.2) is 0 Å². The number of methoxy groups -OCH3 is 1. The van der Waals surface area contributed by atoms with Gasteiger partial charge in [0.25, 0.3) is 16.1 Å². The van der Waals surface area contributed by atoms with E-state index in [2.05, 4.69) is 26.9 Å². The minimum Gasteiger partial charge on any atom is -0.496 e. The van der Waals surface area contributed by atoms with Gasteiger partial charge in [0, 0.05) is 31.2 Å². The molecule has 2 aliphatic rings. The molecule has 0 bridgehead atoms. The van der Waals surface area contributed by atoms with Gasteiger partial charge in [0.05, 0.1) is 18.8 Å². The fourth-order valence-corrected chi connectivity index (χ4v) is 6.26. The maximum absolute atomic E-state index is 13.0. The molecule has 0 aromatic heterocycles. The van der Waals surface area contributed by atoms with Crippen molar-refractivity contribution in [3.8, 4) is 5.75 Å². The summed E-state index contributed by atoms with van der Waals surface area (Å²) >= 11 is 0. The number of carbonyl (C=O) groups is 1. The van der Waals surface area contributed by atoms with Crippen molar-refractivity contribution in [1.82, 2.24) is 14.8 Å².